The molecule has 0 bridgehead atoms. The van der Waals surface area contributed by atoms with Crippen LogP contribution in [0.5, 0.6) is 0 Å². The van der Waals surface area contributed by atoms with Gasteiger partial charge in [0.2, 0.25) is 15.9 Å². The van der Waals surface area contributed by atoms with E-state index in [0.29, 0.717) is 30.0 Å². The van der Waals surface area contributed by atoms with E-state index in [-0.39, 0.29) is 17.1 Å². The van der Waals surface area contributed by atoms with Gasteiger partial charge in [0.1, 0.15) is 0 Å². The summed E-state index contributed by atoms with van der Waals surface area (Å²) in [5.41, 5.74) is 11.7. The van der Waals surface area contributed by atoms with Crippen LogP contribution in [0, 0.1) is 12.8 Å². The van der Waals surface area contributed by atoms with Gasteiger partial charge in [0, 0.05) is 13.1 Å². The molecule has 1 aromatic rings. The zero-order valence-corrected chi connectivity index (χ0v) is 13.2. The Hall–Kier alpha value is -1.31. The van der Waals surface area contributed by atoms with E-state index in [9.17, 15) is 13.2 Å². The number of nitrogen functional groups attached to an aromatic ring is 1. The van der Waals surface area contributed by atoms with Gasteiger partial charge in [-0.25, -0.2) is 8.42 Å². The number of anilines is 1. The van der Waals surface area contributed by atoms with Crippen molar-refractivity contribution in [3.05, 3.63) is 22.7 Å². The van der Waals surface area contributed by atoms with Crippen LogP contribution in [-0.2, 0) is 14.8 Å². The lowest BCUT2D eigenvalue weighted by Crippen LogP contribution is -2.44. The lowest BCUT2D eigenvalue weighted by atomic mass is 9.99. The average Bonchev–Trinajstić information content (AvgIpc) is 2.42. The van der Waals surface area contributed by atoms with Crippen molar-refractivity contribution < 1.29 is 13.2 Å². The number of rotatable bonds is 3. The van der Waals surface area contributed by atoms with Gasteiger partial charge in [0.05, 0.1) is 21.5 Å². The van der Waals surface area contributed by atoms with Crippen molar-refractivity contribution in [2.45, 2.75) is 24.7 Å². The van der Waals surface area contributed by atoms with Crippen LogP contribution in [0.15, 0.2) is 17.0 Å². The lowest BCUT2D eigenvalue weighted by molar-refractivity contribution is -0.122. The molecule has 1 aliphatic rings. The average molecular weight is 332 g/mol. The molecule has 1 atom stereocenters. The standard InChI is InChI=1S/C13H18ClN3O3S/c1-8-5-10(14)11(15)6-12(8)21(19,20)17-4-2-3-9(7-17)13(16)18/h5-6,9H,2-4,7,15H2,1H3,(H2,16,18). The van der Waals surface area contributed by atoms with Crippen LogP contribution in [0.3, 0.4) is 0 Å². The Balaban J connectivity index is 2.38. The molecule has 8 heteroatoms. The van der Waals surface area contributed by atoms with Crippen molar-refractivity contribution in [1.82, 2.24) is 4.31 Å². The van der Waals surface area contributed by atoms with Crippen molar-refractivity contribution in [2.24, 2.45) is 11.7 Å². The van der Waals surface area contributed by atoms with Crippen LogP contribution >= 0.6 is 11.6 Å². The third-order valence-electron chi connectivity index (χ3n) is 3.70. The number of sulfonamides is 1. The summed E-state index contributed by atoms with van der Waals surface area (Å²) in [6.45, 7) is 2.14. The van der Waals surface area contributed by atoms with Gasteiger partial charge in [-0.1, -0.05) is 11.6 Å². The number of hydrogen-bond acceptors (Lipinski definition) is 4. The maximum absolute atomic E-state index is 12.7. The SMILES string of the molecule is Cc1cc(Cl)c(N)cc1S(=O)(=O)N1CCCC(C(N)=O)C1. The highest BCUT2D eigenvalue weighted by Gasteiger charge is 2.33. The first-order valence-electron chi connectivity index (χ1n) is 6.58. The highest BCUT2D eigenvalue weighted by molar-refractivity contribution is 7.89. The van der Waals surface area contributed by atoms with Crippen molar-refractivity contribution in [2.75, 3.05) is 18.8 Å². The topological polar surface area (TPSA) is 106 Å². The smallest absolute Gasteiger partial charge is 0.243 e. The monoisotopic (exact) mass is 331 g/mol. The molecule has 116 valence electrons. The van der Waals surface area contributed by atoms with Crippen LogP contribution < -0.4 is 11.5 Å². The Kier molecular flexibility index (Phi) is 4.46. The second-order valence-electron chi connectivity index (χ2n) is 5.24. The van der Waals surface area contributed by atoms with Crippen molar-refractivity contribution in [1.29, 1.82) is 0 Å². The van der Waals surface area contributed by atoms with E-state index in [1.54, 1.807) is 6.92 Å². The van der Waals surface area contributed by atoms with Crippen LogP contribution in [-0.4, -0.2) is 31.7 Å². The van der Waals surface area contributed by atoms with E-state index in [4.69, 9.17) is 23.1 Å². The fraction of sp³-hybridized carbons (Fsp3) is 0.462. The Labute approximate surface area is 129 Å². The van der Waals surface area contributed by atoms with E-state index in [1.165, 1.54) is 16.4 Å². The fourth-order valence-corrected chi connectivity index (χ4v) is 4.46. The maximum Gasteiger partial charge on any atom is 0.243 e. The maximum atomic E-state index is 12.7. The number of amides is 1. The molecule has 1 fully saturated rings. The quantitative estimate of drug-likeness (QED) is 0.809. The van der Waals surface area contributed by atoms with E-state index >= 15 is 0 Å². The van der Waals surface area contributed by atoms with Crippen LogP contribution in [0.2, 0.25) is 5.02 Å². The molecule has 0 aromatic heterocycles. The Morgan fingerprint density at radius 1 is 1.43 bits per heavy atom. The summed E-state index contributed by atoms with van der Waals surface area (Å²) in [4.78, 5) is 11.4. The largest absolute Gasteiger partial charge is 0.397 e. The molecule has 2 rings (SSSR count). The highest BCUT2D eigenvalue weighted by atomic mass is 35.5. The minimum absolute atomic E-state index is 0.111. The van der Waals surface area contributed by atoms with Crippen LogP contribution in [0.4, 0.5) is 5.69 Å². The number of nitrogens with zero attached hydrogens (tertiary/aromatic N) is 1. The zero-order chi connectivity index (χ0) is 15.8. The summed E-state index contributed by atoms with van der Waals surface area (Å²) < 4.78 is 26.7. The molecule has 0 saturated carbocycles. The predicted molar refractivity (Wildman–Crippen MR) is 81.3 cm³/mol. The molecule has 0 radical (unpaired) electrons. The molecule has 4 N–H and O–H groups in total. The third kappa shape index (κ3) is 3.14. The number of halogens is 1. The Morgan fingerprint density at radius 3 is 2.71 bits per heavy atom. The van der Waals surface area contributed by atoms with Crippen molar-refractivity contribution in [3.8, 4) is 0 Å². The molecule has 1 aromatic carbocycles. The summed E-state index contributed by atoms with van der Waals surface area (Å²) in [7, 11) is -3.71. The number of carbonyl (C=O) groups excluding carboxylic acids is 1. The molecule has 1 saturated heterocycles. The minimum atomic E-state index is -3.71. The first kappa shape index (κ1) is 16.1. The number of nitrogens with two attached hydrogens (primary N) is 2. The number of benzene rings is 1. The van der Waals surface area contributed by atoms with Gasteiger partial charge in [-0.05, 0) is 37.5 Å². The zero-order valence-electron chi connectivity index (χ0n) is 11.7. The molecular weight excluding hydrogens is 314 g/mol. The molecule has 1 heterocycles. The summed E-state index contributed by atoms with van der Waals surface area (Å²) in [6, 6.07) is 2.89. The van der Waals surface area contributed by atoms with E-state index < -0.39 is 21.8 Å². The van der Waals surface area contributed by atoms with Gasteiger partial charge < -0.3 is 11.5 Å². The van der Waals surface area contributed by atoms with Gasteiger partial charge in [-0.15, -0.1) is 0 Å². The minimum Gasteiger partial charge on any atom is -0.397 e. The molecule has 0 aliphatic carbocycles. The van der Waals surface area contributed by atoms with Gasteiger partial charge in [-0.3, -0.25) is 4.79 Å². The Bertz CT molecular complexity index is 675. The second kappa shape index (κ2) is 5.82. The third-order valence-corrected chi connectivity index (χ3v) is 6.03. The molecule has 0 spiro atoms. The van der Waals surface area contributed by atoms with Gasteiger partial charge in [-0.2, -0.15) is 4.31 Å². The fourth-order valence-electron chi connectivity index (χ4n) is 2.48. The predicted octanol–water partition coefficient (Wildman–Crippen LogP) is 1.12. The van der Waals surface area contributed by atoms with Gasteiger partial charge in [0.25, 0.3) is 0 Å². The number of aryl methyl sites for hydroxylation is 1. The second-order valence-corrected chi connectivity index (χ2v) is 7.56. The van der Waals surface area contributed by atoms with E-state index in [2.05, 4.69) is 0 Å². The number of hydrogen-bond donors (Lipinski definition) is 2. The number of piperidine rings is 1. The summed E-state index contributed by atoms with van der Waals surface area (Å²) in [5.74, 6) is -0.916. The highest BCUT2D eigenvalue weighted by Crippen LogP contribution is 2.30. The van der Waals surface area contributed by atoms with Crippen LogP contribution in [0.25, 0.3) is 0 Å². The van der Waals surface area contributed by atoms with Crippen LogP contribution in [0.1, 0.15) is 18.4 Å². The van der Waals surface area contributed by atoms with E-state index in [1.807, 2.05) is 0 Å². The molecular formula is C13H18ClN3O3S. The van der Waals surface area contributed by atoms with E-state index in [0.717, 1.165) is 0 Å². The molecule has 21 heavy (non-hydrogen) atoms. The first-order chi connectivity index (χ1) is 9.73. The summed E-state index contributed by atoms with van der Waals surface area (Å²) in [5, 5.41) is 0.320. The molecule has 1 amide bonds. The normalized spacial score (nSPS) is 20.4. The summed E-state index contributed by atoms with van der Waals surface area (Å²) in [6.07, 6.45) is 1.22. The number of primary amides is 1. The lowest BCUT2D eigenvalue weighted by Gasteiger charge is -2.30. The summed E-state index contributed by atoms with van der Waals surface area (Å²) >= 11 is 5.89. The molecule has 6 nitrogen and oxygen atoms in total. The van der Waals surface area contributed by atoms with Gasteiger partial charge >= 0.3 is 0 Å². The number of carbonyl (C=O) groups is 1. The molecule has 1 unspecified atom stereocenters. The van der Waals surface area contributed by atoms with Gasteiger partial charge in [0.15, 0.2) is 0 Å². The Morgan fingerprint density at radius 2 is 2.10 bits per heavy atom. The first-order valence-corrected chi connectivity index (χ1v) is 8.40. The van der Waals surface area contributed by atoms with Crippen molar-refractivity contribution >= 4 is 33.2 Å². The van der Waals surface area contributed by atoms with Crippen molar-refractivity contribution in [3.63, 3.8) is 0 Å². The molecule has 1 aliphatic heterocycles.